The quantitative estimate of drug-likeness (QED) is 0.720. The summed E-state index contributed by atoms with van der Waals surface area (Å²) in [5.41, 5.74) is 9.43. The van der Waals surface area contributed by atoms with Crippen molar-refractivity contribution < 1.29 is 9.53 Å². The third-order valence-electron chi connectivity index (χ3n) is 3.78. The standard InChI is InChI=1S/C18H18ClN3O2/c1-2-24-18(23)17-15(12-5-7-13(19)8-6-12)16-14(4-3-10-21-16)22(17)11-9-20/h3-8,10H,2,9,11,20H2,1H3. The number of benzene rings is 1. The van der Waals surface area contributed by atoms with E-state index in [-0.39, 0.29) is 5.97 Å². The number of carbonyl (C=O) groups excluding carboxylic acids is 1. The summed E-state index contributed by atoms with van der Waals surface area (Å²) in [5.74, 6) is -0.381. The lowest BCUT2D eigenvalue weighted by Gasteiger charge is -2.10. The van der Waals surface area contributed by atoms with Crippen LogP contribution < -0.4 is 5.73 Å². The summed E-state index contributed by atoms with van der Waals surface area (Å²) in [6.07, 6.45) is 1.71. The van der Waals surface area contributed by atoms with Gasteiger partial charge in [0.25, 0.3) is 0 Å². The summed E-state index contributed by atoms with van der Waals surface area (Å²) in [7, 11) is 0. The summed E-state index contributed by atoms with van der Waals surface area (Å²) in [5, 5.41) is 0.634. The second-order valence-electron chi connectivity index (χ2n) is 5.26. The average molecular weight is 344 g/mol. The minimum absolute atomic E-state index is 0.302. The number of pyridine rings is 1. The fraction of sp³-hybridized carbons (Fsp3) is 0.222. The number of fused-ring (bicyclic) bond motifs is 1. The van der Waals surface area contributed by atoms with Crippen LogP contribution in [0.2, 0.25) is 5.02 Å². The van der Waals surface area contributed by atoms with Crippen molar-refractivity contribution in [1.82, 2.24) is 9.55 Å². The number of esters is 1. The van der Waals surface area contributed by atoms with Crippen LogP contribution in [0.25, 0.3) is 22.2 Å². The van der Waals surface area contributed by atoms with E-state index >= 15 is 0 Å². The molecule has 2 N–H and O–H groups in total. The zero-order valence-corrected chi connectivity index (χ0v) is 14.1. The van der Waals surface area contributed by atoms with E-state index in [1.165, 1.54) is 0 Å². The van der Waals surface area contributed by atoms with Gasteiger partial charge in [-0.2, -0.15) is 0 Å². The van der Waals surface area contributed by atoms with Crippen LogP contribution >= 0.6 is 11.6 Å². The first kappa shape index (κ1) is 16.5. The molecule has 3 rings (SSSR count). The number of halogens is 1. The van der Waals surface area contributed by atoms with Crippen molar-refractivity contribution in [2.45, 2.75) is 13.5 Å². The van der Waals surface area contributed by atoms with Gasteiger partial charge in [0.1, 0.15) is 5.69 Å². The maximum atomic E-state index is 12.6. The van der Waals surface area contributed by atoms with Gasteiger partial charge in [0.2, 0.25) is 0 Å². The van der Waals surface area contributed by atoms with Gasteiger partial charge in [-0.15, -0.1) is 0 Å². The number of ether oxygens (including phenoxy) is 1. The first-order valence-corrected chi connectivity index (χ1v) is 8.15. The van der Waals surface area contributed by atoms with Crippen LogP contribution in [-0.4, -0.2) is 28.7 Å². The molecule has 24 heavy (non-hydrogen) atoms. The van der Waals surface area contributed by atoms with Gasteiger partial charge in [-0.3, -0.25) is 4.98 Å². The number of nitrogens with two attached hydrogens (primary N) is 1. The number of carbonyl (C=O) groups is 1. The fourth-order valence-electron chi connectivity index (χ4n) is 2.84. The fourth-order valence-corrected chi connectivity index (χ4v) is 2.96. The zero-order chi connectivity index (χ0) is 17.1. The number of hydrogen-bond acceptors (Lipinski definition) is 4. The Morgan fingerprint density at radius 1 is 1.29 bits per heavy atom. The molecule has 2 heterocycles. The van der Waals surface area contributed by atoms with Crippen LogP contribution in [0, 0.1) is 0 Å². The third kappa shape index (κ3) is 2.88. The van der Waals surface area contributed by atoms with Gasteiger partial charge in [0.05, 0.1) is 17.6 Å². The summed E-state index contributed by atoms with van der Waals surface area (Å²) < 4.78 is 7.16. The van der Waals surface area contributed by atoms with Gasteiger partial charge in [-0.05, 0) is 36.8 Å². The predicted molar refractivity (Wildman–Crippen MR) is 95.2 cm³/mol. The Morgan fingerprint density at radius 3 is 2.71 bits per heavy atom. The highest BCUT2D eigenvalue weighted by molar-refractivity contribution is 6.30. The van der Waals surface area contributed by atoms with Crippen LogP contribution in [0.15, 0.2) is 42.6 Å². The molecule has 0 amide bonds. The van der Waals surface area contributed by atoms with Crippen LogP contribution in [0.1, 0.15) is 17.4 Å². The van der Waals surface area contributed by atoms with E-state index < -0.39 is 0 Å². The van der Waals surface area contributed by atoms with E-state index in [0.29, 0.717) is 30.4 Å². The molecule has 0 fully saturated rings. The highest BCUT2D eigenvalue weighted by atomic mass is 35.5. The lowest BCUT2D eigenvalue weighted by atomic mass is 10.0. The molecule has 124 valence electrons. The minimum atomic E-state index is -0.381. The number of aromatic nitrogens is 2. The van der Waals surface area contributed by atoms with Gasteiger partial charge < -0.3 is 15.0 Å². The Morgan fingerprint density at radius 2 is 2.04 bits per heavy atom. The summed E-state index contributed by atoms with van der Waals surface area (Å²) in [6.45, 7) is 3.00. The number of hydrogen-bond donors (Lipinski definition) is 1. The molecule has 0 saturated heterocycles. The molecule has 0 spiro atoms. The van der Waals surface area contributed by atoms with E-state index in [0.717, 1.165) is 22.2 Å². The van der Waals surface area contributed by atoms with Crippen molar-refractivity contribution in [1.29, 1.82) is 0 Å². The monoisotopic (exact) mass is 343 g/mol. The largest absolute Gasteiger partial charge is 0.461 e. The topological polar surface area (TPSA) is 70.1 Å². The van der Waals surface area contributed by atoms with Crippen molar-refractivity contribution in [3.05, 3.63) is 53.3 Å². The Balaban J connectivity index is 2.34. The van der Waals surface area contributed by atoms with Crippen molar-refractivity contribution in [2.75, 3.05) is 13.2 Å². The molecular formula is C18H18ClN3O2. The van der Waals surface area contributed by atoms with E-state index in [1.807, 2.05) is 28.8 Å². The van der Waals surface area contributed by atoms with Crippen LogP contribution in [0.5, 0.6) is 0 Å². The molecule has 0 bridgehead atoms. The van der Waals surface area contributed by atoms with Crippen molar-refractivity contribution >= 4 is 28.6 Å². The van der Waals surface area contributed by atoms with Crippen molar-refractivity contribution in [3.8, 4) is 11.1 Å². The average Bonchev–Trinajstić information content (AvgIpc) is 2.91. The van der Waals surface area contributed by atoms with Gasteiger partial charge in [0.15, 0.2) is 0 Å². The highest BCUT2D eigenvalue weighted by Crippen LogP contribution is 2.34. The van der Waals surface area contributed by atoms with Crippen LogP contribution in [0.4, 0.5) is 0 Å². The summed E-state index contributed by atoms with van der Waals surface area (Å²) in [6, 6.07) is 11.1. The van der Waals surface area contributed by atoms with E-state index in [4.69, 9.17) is 22.1 Å². The molecule has 0 aliphatic heterocycles. The van der Waals surface area contributed by atoms with Crippen molar-refractivity contribution in [2.24, 2.45) is 5.73 Å². The minimum Gasteiger partial charge on any atom is -0.461 e. The Hall–Kier alpha value is -2.37. The Labute approximate surface area is 145 Å². The molecule has 0 saturated carbocycles. The zero-order valence-electron chi connectivity index (χ0n) is 13.3. The molecule has 3 aromatic rings. The normalized spacial score (nSPS) is 11.0. The Kier molecular flexibility index (Phi) is 4.83. The van der Waals surface area contributed by atoms with E-state index in [9.17, 15) is 4.79 Å². The molecule has 0 unspecified atom stereocenters. The number of rotatable bonds is 5. The van der Waals surface area contributed by atoms with Gasteiger partial charge in [-0.25, -0.2) is 4.79 Å². The molecule has 6 heteroatoms. The second-order valence-corrected chi connectivity index (χ2v) is 5.70. The molecule has 0 radical (unpaired) electrons. The second kappa shape index (κ2) is 7.03. The summed E-state index contributed by atoms with van der Waals surface area (Å²) >= 11 is 6.00. The third-order valence-corrected chi connectivity index (χ3v) is 4.03. The molecule has 0 aliphatic rings. The smallest absolute Gasteiger partial charge is 0.355 e. The molecule has 1 aromatic carbocycles. The summed E-state index contributed by atoms with van der Waals surface area (Å²) in [4.78, 5) is 17.1. The first-order chi connectivity index (χ1) is 11.7. The van der Waals surface area contributed by atoms with Crippen molar-refractivity contribution in [3.63, 3.8) is 0 Å². The van der Waals surface area contributed by atoms with E-state index in [2.05, 4.69) is 4.98 Å². The first-order valence-electron chi connectivity index (χ1n) is 7.77. The molecular weight excluding hydrogens is 326 g/mol. The predicted octanol–water partition coefficient (Wildman–Crippen LogP) is 3.49. The van der Waals surface area contributed by atoms with Gasteiger partial charge in [-0.1, -0.05) is 23.7 Å². The SMILES string of the molecule is CCOC(=O)c1c(-c2ccc(Cl)cc2)c2ncccc2n1CCN. The lowest BCUT2D eigenvalue weighted by Crippen LogP contribution is -2.17. The Bertz CT molecular complexity index is 872. The number of nitrogens with zero attached hydrogens (tertiary/aromatic N) is 2. The van der Waals surface area contributed by atoms with Gasteiger partial charge in [0, 0.05) is 29.9 Å². The molecule has 5 nitrogen and oxygen atoms in total. The molecule has 0 aliphatic carbocycles. The molecule has 0 atom stereocenters. The lowest BCUT2D eigenvalue weighted by molar-refractivity contribution is 0.0515. The van der Waals surface area contributed by atoms with Crippen LogP contribution in [0.3, 0.4) is 0 Å². The molecule has 2 aromatic heterocycles. The van der Waals surface area contributed by atoms with Gasteiger partial charge >= 0.3 is 5.97 Å². The maximum Gasteiger partial charge on any atom is 0.355 e. The maximum absolute atomic E-state index is 12.6. The highest BCUT2D eigenvalue weighted by Gasteiger charge is 2.25. The van der Waals surface area contributed by atoms with E-state index in [1.54, 1.807) is 25.3 Å². The van der Waals surface area contributed by atoms with Crippen LogP contribution in [-0.2, 0) is 11.3 Å².